The highest BCUT2D eigenvalue weighted by atomic mass is 35.5. The van der Waals surface area contributed by atoms with Gasteiger partial charge >= 0.3 is 6.03 Å². The second kappa shape index (κ2) is 8.55. The number of carbonyl (C=O) groups excluding carboxylic acids is 1. The molecule has 1 atom stereocenters. The van der Waals surface area contributed by atoms with Crippen LogP contribution in [0.15, 0.2) is 42.7 Å². The Labute approximate surface area is 147 Å². The molecule has 1 aromatic heterocycles. The van der Waals surface area contributed by atoms with Gasteiger partial charge in [0.05, 0.1) is 13.2 Å². The standard InChI is InChI=1S/C18H22ClN3O2/c1-4-16(13-7-9-20-10-8-13)22(2)18(23)21-12-14-11-15(19)5-6-17(14)24-3/h5-11,16H,4,12H2,1-3H3,(H,21,23)/t16-/m1/s1. The summed E-state index contributed by atoms with van der Waals surface area (Å²) in [7, 11) is 3.39. The summed E-state index contributed by atoms with van der Waals surface area (Å²) >= 11 is 6.02. The van der Waals surface area contributed by atoms with Crippen molar-refractivity contribution in [2.45, 2.75) is 25.9 Å². The van der Waals surface area contributed by atoms with Gasteiger partial charge in [0.2, 0.25) is 0 Å². The van der Waals surface area contributed by atoms with Crippen LogP contribution in [0.3, 0.4) is 0 Å². The van der Waals surface area contributed by atoms with Gasteiger partial charge in [0, 0.05) is 36.6 Å². The number of carbonyl (C=O) groups is 1. The van der Waals surface area contributed by atoms with Gasteiger partial charge in [-0.2, -0.15) is 0 Å². The van der Waals surface area contributed by atoms with E-state index < -0.39 is 0 Å². The van der Waals surface area contributed by atoms with Crippen LogP contribution < -0.4 is 10.1 Å². The molecule has 0 saturated heterocycles. The van der Waals surface area contributed by atoms with Crippen molar-refractivity contribution >= 4 is 17.6 Å². The van der Waals surface area contributed by atoms with Gasteiger partial charge in [-0.3, -0.25) is 4.98 Å². The first-order valence-corrected chi connectivity index (χ1v) is 8.17. The Morgan fingerprint density at radius 1 is 1.33 bits per heavy atom. The van der Waals surface area contributed by atoms with E-state index in [1.807, 2.05) is 12.1 Å². The van der Waals surface area contributed by atoms with Gasteiger partial charge in [0.15, 0.2) is 0 Å². The van der Waals surface area contributed by atoms with Crippen LogP contribution in [0.4, 0.5) is 4.79 Å². The predicted molar refractivity (Wildman–Crippen MR) is 95.3 cm³/mol. The molecule has 2 amide bonds. The molecule has 2 aromatic rings. The number of methoxy groups -OCH3 is 1. The van der Waals surface area contributed by atoms with Crippen molar-refractivity contribution < 1.29 is 9.53 Å². The van der Waals surface area contributed by atoms with E-state index in [0.29, 0.717) is 17.3 Å². The van der Waals surface area contributed by atoms with Gasteiger partial charge < -0.3 is 15.0 Å². The zero-order valence-corrected chi connectivity index (χ0v) is 14.9. The highest BCUT2D eigenvalue weighted by Gasteiger charge is 2.20. The molecular formula is C18H22ClN3O2. The molecule has 1 N–H and O–H groups in total. The second-order valence-electron chi connectivity index (χ2n) is 5.43. The van der Waals surface area contributed by atoms with Crippen LogP contribution in [-0.2, 0) is 6.54 Å². The molecule has 0 aliphatic rings. The van der Waals surface area contributed by atoms with Crippen molar-refractivity contribution in [2.24, 2.45) is 0 Å². The molecule has 0 unspecified atom stereocenters. The summed E-state index contributed by atoms with van der Waals surface area (Å²) in [5, 5.41) is 3.53. The van der Waals surface area contributed by atoms with E-state index in [1.54, 1.807) is 49.7 Å². The van der Waals surface area contributed by atoms with Crippen LogP contribution in [0, 0.1) is 0 Å². The average molecular weight is 348 g/mol. The van der Waals surface area contributed by atoms with E-state index >= 15 is 0 Å². The monoisotopic (exact) mass is 347 g/mol. The Balaban J connectivity index is 2.05. The molecule has 2 rings (SSSR count). The number of nitrogens with one attached hydrogen (secondary N) is 1. The van der Waals surface area contributed by atoms with Gasteiger partial charge in [0.25, 0.3) is 0 Å². The molecule has 0 spiro atoms. The summed E-state index contributed by atoms with van der Waals surface area (Å²) in [6.45, 7) is 2.40. The summed E-state index contributed by atoms with van der Waals surface area (Å²) in [4.78, 5) is 18.2. The van der Waals surface area contributed by atoms with Gasteiger partial charge in [-0.25, -0.2) is 4.79 Å². The maximum absolute atomic E-state index is 12.5. The third-order valence-electron chi connectivity index (χ3n) is 3.94. The maximum Gasteiger partial charge on any atom is 0.317 e. The maximum atomic E-state index is 12.5. The first-order chi connectivity index (χ1) is 11.6. The highest BCUT2D eigenvalue weighted by Crippen LogP contribution is 2.24. The lowest BCUT2D eigenvalue weighted by Gasteiger charge is -2.28. The van der Waals surface area contributed by atoms with E-state index in [4.69, 9.17) is 16.3 Å². The van der Waals surface area contributed by atoms with Crippen LogP contribution >= 0.6 is 11.6 Å². The highest BCUT2D eigenvalue weighted by molar-refractivity contribution is 6.30. The minimum Gasteiger partial charge on any atom is -0.496 e. The van der Waals surface area contributed by atoms with Gasteiger partial charge in [-0.1, -0.05) is 18.5 Å². The first-order valence-electron chi connectivity index (χ1n) is 7.79. The minimum absolute atomic E-state index is 0.00532. The number of aromatic nitrogens is 1. The third-order valence-corrected chi connectivity index (χ3v) is 4.17. The van der Waals surface area contributed by atoms with E-state index in [9.17, 15) is 4.79 Å². The van der Waals surface area contributed by atoms with Crippen LogP contribution in [-0.4, -0.2) is 30.1 Å². The van der Waals surface area contributed by atoms with E-state index in [0.717, 1.165) is 17.5 Å². The van der Waals surface area contributed by atoms with Crippen LogP contribution in [0.25, 0.3) is 0 Å². The van der Waals surface area contributed by atoms with Crippen molar-refractivity contribution in [3.63, 3.8) is 0 Å². The summed E-state index contributed by atoms with van der Waals surface area (Å²) in [5.41, 5.74) is 1.90. The van der Waals surface area contributed by atoms with Crippen molar-refractivity contribution in [1.82, 2.24) is 15.2 Å². The number of ether oxygens (including phenoxy) is 1. The first kappa shape index (κ1) is 18.1. The Morgan fingerprint density at radius 3 is 2.67 bits per heavy atom. The molecule has 0 aliphatic heterocycles. The number of amides is 2. The Kier molecular flexibility index (Phi) is 6.44. The van der Waals surface area contributed by atoms with Crippen LogP contribution in [0.1, 0.15) is 30.5 Å². The summed E-state index contributed by atoms with van der Waals surface area (Å²) in [5.74, 6) is 0.698. The molecule has 0 fully saturated rings. The fourth-order valence-electron chi connectivity index (χ4n) is 2.64. The molecule has 0 saturated carbocycles. The van der Waals surface area contributed by atoms with Crippen molar-refractivity contribution in [3.8, 4) is 5.75 Å². The SMILES string of the molecule is CC[C@H](c1ccncc1)N(C)C(=O)NCc1cc(Cl)ccc1OC. The summed E-state index contributed by atoms with van der Waals surface area (Å²) < 4.78 is 5.30. The van der Waals surface area contributed by atoms with Gasteiger partial charge in [-0.05, 0) is 42.3 Å². The number of hydrogen-bond acceptors (Lipinski definition) is 3. The zero-order chi connectivity index (χ0) is 17.5. The molecule has 6 heteroatoms. The number of halogens is 1. The number of pyridine rings is 1. The number of nitrogens with zero attached hydrogens (tertiary/aromatic N) is 2. The average Bonchev–Trinajstić information content (AvgIpc) is 2.61. The van der Waals surface area contributed by atoms with E-state index in [-0.39, 0.29) is 12.1 Å². The van der Waals surface area contributed by atoms with Gasteiger partial charge in [0.1, 0.15) is 5.75 Å². The van der Waals surface area contributed by atoms with E-state index in [1.165, 1.54) is 0 Å². The van der Waals surface area contributed by atoms with Gasteiger partial charge in [-0.15, -0.1) is 0 Å². The van der Waals surface area contributed by atoms with Crippen LogP contribution in [0.2, 0.25) is 5.02 Å². The molecule has 0 radical (unpaired) electrons. The fourth-order valence-corrected chi connectivity index (χ4v) is 2.84. The number of hydrogen-bond donors (Lipinski definition) is 1. The smallest absolute Gasteiger partial charge is 0.317 e. The summed E-state index contributed by atoms with van der Waals surface area (Å²) in [6, 6.07) is 9.04. The number of urea groups is 1. The lowest BCUT2D eigenvalue weighted by molar-refractivity contribution is 0.188. The lowest BCUT2D eigenvalue weighted by atomic mass is 10.1. The molecule has 1 heterocycles. The molecule has 1 aromatic carbocycles. The normalized spacial score (nSPS) is 11.7. The molecule has 5 nitrogen and oxygen atoms in total. The second-order valence-corrected chi connectivity index (χ2v) is 5.87. The molecule has 128 valence electrons. The quantitative estimate of drug-likeness (QED) is 0.858. The molecule has 0 aliphatic carbocycles. The topological polar surface area (TPSA) is 54.5 Å². The zero-order valence-electron chi connectivity index (χ0n) is 14.1. The number of rotatable bonds is 6. The Bertz CT molecular complexity index is 679. The number of benzene rings is 1. The Hall–Kier alpha value is -2.27. The molecule has 24 heavy (non-hydrogen) atoms. The predicted octanol–water partition coefficient (Wildman–Crippen LogP) is 4.04. The largest absolute Gasteiger partial charge is 0.496 e. The lowest BCUT2D eigenvalue weighted by Crippen LogP contribution is -2.39. The fraction of sp³-hybridized carbons (Fsp3) is 0.333. The van der Waals surface area contributed by atoms with E-state index in [2.05, 4.69) is 17.2 Å². The minimum atomic E-state index is -0.152. The van der Waals surface area contributed by atoms with Crippen molar-refractivity contribution in [1.29, 1.82) is 0 Å². The van der Waals surface area contributed by atoms with Crippen LogP contribution in [0.5, 0.6) is 5.75 Å². The third kappa shape index (κ3) is 4.38. The van der Waals surface area contributed by atoms with Crippen molar-refractivity contribution in [2.75, 3.05) is 14.2 Å². The summed E-state index contributed by atoms with van der Waals surface area (Å²) in [6.07, 6.45) is 4.29. The van der Waals surface area contributed by atoms with Crippen molar-refractivity contribution in [3.05, 3.63) is 58.9 Å². The molecule has 0 bridgehead atoms. The Morgan fingerprint density at radius 2 is 2.04 bits per heavy atom. The molecular weight excluding hydrogens is 326 g/mol.